The van der Waals surface area contributed by atoms with Crippen molar-refractivity contribution < 1.29 is 4.79 Å². The number of hydrogen-bond acceptors (Lipinski definition) is 1. The van der Waals surface area contributed by atoms with Gasteiger partial charge in [-0.1, -0.05) is 39.0 Å². The first-order valence-electron chi connectivity index (χ1n) is 6.28. The van der Waals surface area contributed by atoms with Gasteiger partial charge in [0, 0.05) is 20.6 Å². The third-order valence-electron chi connectivity index (χ3n) is 3.18. The molecule has 0 radical (unpaired) electrons. The molecule has 3 heteroatoms. The summed E-state index contributed by atoms with van der Waals surface area (Å²) in [5, 5.41) is 2.63. The van der Waals surface area contributed by atoms with E-state index in [2.05, 4.69) is 51.2 Å². The second kappa shape index (κ2) is 5.42. The van der Waals surface area contributed by atoms with Crippen LogP contribution in [0.5, 0.6) is 0 Å². The van der Waals surface area contributed by atoms with Crippen molar-refractivity contribution >= 4 is 6.03 Å². The average Bonchev–Trinajstić information content (AvgIpc) is 2.29. The van der Waals surface area contributed by atoms with Gasteiger partial charge < -0.3 is 10.2 Å². The minimum atomic E-state index is -0.0608. The molecule has 18 heavy (non-hydrogen) atoms. The van der Waals surface area contributed by atoms with Gasteiger partial charge in [0.05, 0.1) is 0 Å². The summed E-state index contributed by atoms with van der Waals surface area (Å²) in [7, 11) is 3.45. The van der Waals surface area contributed by atoms with Crippen molar-refractivity contribution in [2.75, 3.05) is 14.1 Å². The van der Waals surface area contributed by atoms with Crippen LogP contribution in [-0.2, 0) is 12.0 Å². The quantitative estimate of drug-likeness (QED) is 0.857. The summed E-state index contributed by atoms with van der Waals surface area (Å²) in [6.07, 6.45) is 0. The summed E-state index contributed by atoms with van der Waals surface area (Å²) < 4.78 is 0. The van der Waals surface area contributed by atoms with Gasteiger partial charge in [0.1, 0.15) is 0 Å². The fourth-order valence-electron chi connectivity index (χ4n) is 1.86. The van der Waals surface area contributed by atoms with Crippen LogP contribution in [0.1, 0.15) is 37.5 Å². The van der Waals surface area contributed by atoms with Gasteiger partial charge >= 0.3 is 6.03 Å². The molecule has 0 aromatic heterocycles. The molecule has 0 aliphatic carbocycles. The summed E-state index contributed by atoms with van der Waals surface area (Å²) in [6, 6.07) is 6.43. The van der Waals surface area contributed by atoms with E-state index in [1.54, 1.807) is 19.0 Å². The fraction of sp³-hybridized carbons (Fsp3) is 0.533. The Kier molecular flexibility index (Phi) is 4.38. The van der Waals surface area contributed by atoms with Crippen LogP contribution in [0.15, 0.2) is 18.2 Å². The summed E-state index contributed by atoms with van der Waals surface area (Å²) in [6.45, 7) is 9.35. The molecule has 1 aromatic rings. The van der Waals surface area contributed by atoms with Crippen LogP contribution >= 0.6 is 0 Å². The molecule has 0 saturated heterocycles. The minimum absolute atomic E-state index is 0.0608. The number of amides is 2. The number of rotatable bonds is 2. The molecule has 1 aromatic carbocycles. The van der Waals surface area contributed by atoms with E-state index in [0.717, 1.165) is 0 Å². The maximum atomic E-state index is 11.5. The number of aryl methyl sites for hydroxylation is 1. The Morgan fingerprint density at radius 2 is 1.94 bits per heavy atom. The smallest absolute Gasteiger partial charge is 0.317 e. The van der Waals surface area contributed by atoms with Crippen LogP contribution < -0.4 is 5.32 Å². The van der Waals surface area contributed by atoms with Crippen molar-refractivity contribution in [2.45, 2.75) is 39.7 Å². The molecule has 0 fully saturated rings. The van der Waals surface area contributed by atoms with Gasteiger partial charge in [-0.15, -0.1) is 0 Å². The molecule has 100 valence electrons. The van der Waals surface area contributed by atoms with E-state index in [0.29, 0.717) is 6.54 Å². The molecule has 0 bridgehead atoms. The van der Waals surface area contributed by atoms with Crippen molar-refractivity contribution in [3.8, 4) is 0 Å². The van der Waals surface area contributed by atoms with Crippen LogP contribution in [0.4, 0.5) is 4.79 Å². The molecular formula is C15H24N2O. The summed E-state index contributed by atoms with van der Waals surface area (Å²) in [4.78, 5) is 13.1. The van der Waals surface area contributed by atoms with Crippen LogP contribution in [0.25, 0.3) is 0 Å². The second-order valence-corrected chi connectivity index (χ2v) is 5.80. The van der Waals surface area contributed by atoms with Crippen molar-refractivity contribution in [3.05, 3.63) is 34.9 Å². The molecule has 2 amide bonds. The zero-order valence-electron chi connectivity index (χ0n) is 12.3. The Morgan fingerprint density at radius 1 is 1.33 bits per heavy atom. The van der Waals surface area contributed by atoms with Crippen molar-refractivity contribution in [1.82, 2.24) is 10.2 Å². The molecule has 0 aliphatic heterocycles. The van der Waals surface area contributed by atoms with Crippen LogP contribution in [-0.4, -0.2) is 25.0 Å². The monoisotopic (exact) mass is 248 g/mol. The number of benzene rings is 1. The zero-order valence-corrected chi connectivity index (χ0v) is 12.3. The van der Waals surface area contributed by atoms with Crippen LogP contribution in [0.2, 0.25) is 0 Å². The maximum absolute atomic E-state index is 11.5. The summed E-state index contributed by atoms with van der Waals surface area (Å²) in [5.74, 6) is 0. The van der Waals surface area contributed by atoms with Gasteiger partial charge in [-0.3, -0.25) is 0 Å². The van der Waals surface area contributed by atoms with Crippen LogP contribution in [0, 0.1) is 6.92 Å². The Balaban J connectivity index is 2.90. The Bertz CT molecular complexity index is 433. The van der Waals surface area contributed by atoms with E-state index in [1.165, 1.54) is 16.7 Å². The molecule has 1 N–H and O–H groups in total. The molecular weight excluding hydrogens is 224 g/mol. The maximum Gasteiger partial charge on any atom is 0.317 e. The molecule has 0 spiro atoms. The lowest BCUT2D eigenvalue weighted by Crippen LogP contribution is -2.34. The average molecular weight is 248 g/mol. The molecule has 3 nitrogen and oxygen atoms in total. The topological polar surface area (TPSA) is 32.3 Å². The van der Waals surface area contributed by atoms with Gasteiger partial charge in [-0.05, 0) is 29.0 Å². The van der Waals surface area contributed by atoms with Gasteiger partial charge in [-0.2, -0.15) is 0 Å². The highest BCUT2D eigenvalue weighted by Gasteiger charge is 2.15. The summed E-state index contributed by atoms with van der Waals surface area (Å²) in [5.41, 5.74) is 3.91. The zero-order chi connectivity index (χ0) is 13.9. The first-order valence-corrected chi connectivity index (χ1v) is 6.28. The second-order valence-electron chi connectivity index (χ2n) is 5.80. The molecule has 0 unspecified atom stereocenters. The lowest BCUT2D eigenvalue weighted by molar-refractivity contribution is 0.209. The molecule has 0 atom stereocenters. The van der Waals surface area contributed by atoms with E-state index < -0.39 is 0 Å². The lowest BCUT2D eigenvalue weighted by Gasteiger charge is -2.22. The van der Waals surface area contributed by atoms with Crippen LogP contribution in [0.3, 0.4) is 0 Å². The minimum Gasteiger partial charge on any atom is -0.341 e. The molecule has 0 heterocycles. The van der Waals surface area contributed by atoms with E-state index in [-0.39, 0.29) is 11.4 Å². The van der Waals surface area contributed by atoms with E-state index in [1.807, 2.05) is 0 Å². The van der Waals surface area contributed by atoms with E-state index in [9.17, 15) is 4.79 Å². The lowest BCUT2D eigenvalue weighted by atomic mass is 9.85. The van der Waals surface area contributed by atoms with Crippen molar-refractivity contribution in [1.29, 1.82) is 0 Å². The Hall–Kier alpha value is -1.51. The van der Waals surface area contributed by atoms with E-state index >= 15 is 0 Å². The SMILES string of the molecule is CNC(=O)N(C)Cc1ccc(C(C)(C)C)cc1C. The number of hydrogen-bond donors (Lipinski definition) is 1. The predicted molar refractivity (Wildman–Crippen MR) is 75.8 cm³/mol. The Labute approximate surface area is 110 Å². The van der Waals surface area contributed by atoms with Gasteiger partial charge in [0.2, 0.25) is 0 Å². The normalized spacial score (nSPS) is 11.2. The van der Waals surface area contributed by atoms with Gasteiger partial charge in [-0.25, -0.2) is 4.79 Å². The first-order chi connectivity index (χ1) is 8.25. The highest BCUT2D eigenvalue weighted by atomic mass is 16.2. The molecule has 1 rings (SSSR count). The number of carbonyl (C=O) groups excluding carboxylic acids is 1. The van der Waals surface area contributed by atoms with Gasteiger partial charge in [0.25, 0.3) is 0 Å². The van der Waals surface area contributed by atoms with Gasteiger partial charge in [0.15, 0.2) is 0 Å². The highest BCUT2D eigenvalue weighted by molar-refractivity contribution is 5.73. The first kappa shape index (κ1) is 14.6. The van der Waals surface area contributed by atoms with Crippen molar-refractivity contribution in [3.63, 3.8) is 0 Å². The third-order valence-corrected chi connectivity index (χ3v) is 3.18. The molecule has 0 aliphatic rings. The van der Waals surface area contributed by atoms with E-state index in [4.69, 9.17) is 0 Å². The number of nitrogens with one attached hydrogen (secondary N) is 1. The molecule has 0 saturated carbocycles. The fourth-order valence-corrected chi connectivity index (χ4v) is 1.86. The highest BCUT2D eigenvalue weighted by Crippen LogP contribution is 2.24. The number of urea groups is 1. The van der Waals surface area contributed by atoms with Crippen molar-refractivity contribution in [2.24, 2.45) is 0 Å². The third kappa shape index (κ3) is 3.49. The number of nitrogens with zero attached hydrogens (tertiary/aromatic N) is 1. The summed E-state index contributed by atoms with van der Waals surface area (Å²) >= 11 is 0. The standard InChI is InChI=1S/C15H24N2O/c1-11-9-13(15(2,3)4)8-7-12(11)10-17(6)14(18)16-5/h7-9H,10H2,1-6H3,(H,16,18). The Morgan fingerprint density at radius 3 is 2.39 bits per heavy atom. The predicted octanol–water partition coefficient (Wildman–Crippen LogP) is 3.06. The largest absolute Gasteiger partial charge is 0.341 e. The number of carbonyl (C=O) groups is 1.